The fourth-order valence-corrected chi connectivity index (χ4v) is 0.783. The summed E-state index contributed by atoms with van der Waals surface area (Å²) in [6, 6.07) is 0. The van der Waals surface area contributed by atoms with E-state index >= 15 is 0 Å². The number of nitrogens with one attached hydrogen (secondary N) is 2. The molecule has 1 amide bonds. The van der Waals surface area contributed by atoms with E-state index in [-0.39, 0.29) is 6.61 Å². The van der Waals surface area contributed by atoms with Crippen molar-refractivity contribution in [2.45, 2.75) is 6.92 Å². The molecule has 0 bridgehead atoms. The molecule has 0 aromatic rings. The van der Waals surface area contributed by atoms with Crippen LogP contribution < -0.4 is 10.6 Å². The van der Waals surface area contributed by atoms with E-state index in [1.807, 2.05) is 6.92 Å². The zero-order valence-corrected chi connectivity index (χ0v) is 6.96. The van der Waals surface area contributed by atoms with Crippen molar-refractivity contribution in [3.8, 4) is 0 Å². The summed E-state index contributed by atoms with van der Waals surface area (Å²) in [5.74, 6) is 0.696. The highest BCUT2D eigenvalue weighted by Crippen LogP contribution is 1.90. The molecule has 0 aromatic carbocycles. The Balaban J connectivity index is 2.12. The van der Waals surface area contributed by atoms with Gasteiger partial charge >= 0.3 is 6.09 Å². The number of nitrogens with zero attached hydrogens (tertiary/aromatic N) is 1. The monoisotopic (exact) mass is 170 g/mol. The van der Waals surface area contributed by atoms with Crippen molar-refractivity contribution in [3.63, 3.8) is 0 Å². The number of amides is 1. The molecule has 0 atom stereocenters. The maximum Gasteiger partial charge on any atom is 0.407 e. The van der Waals surface area contributed by atoms with Gasteiger partial charge < -0.3 is 15.4 Å². The molecule has 0 saturated carbocycles. The van der Waals surface area contributed by atoms with Crippen LogP contribution in [0.15, 0.2) is 4.99 Å². The Bertz CT molecular complexity index is 191. The first-order chi connectivity index (χ1) is 5.83. The minimum Gasteiger partial charge on any atom is -0.441 e. The zero-order valence-electron chi connectivity index (χ0n) is 6.96. The van der Waals surface area contributed by atoms with E-state index in [1.54, 1.807) is 6.54 Å². The number of carbonyl (C=O) groups is 1. The second-order valence-corrected chi connectivity index (χ2v) is 2.25. The molecule has 1 aliphatic heterocycles. The third-order valence-corrected chi connectivity index (χ3v) is 1.31. The average Bonchev–Trinajstić information content (AvgIpc) is 2.53. The van der Waals surface area contributed by atoms with Crippen molar-refractivity contribution in [2.24, 2.45) is 4.99 Å². The Morgan fingerprint density at radius 3 is 3.33 bits per heavy atom. The molecular formula is C7H12N3O2. The minimum absolute atomic E-state index is 0.211. The van der Waals surface area contributed by atoms with Crippen LogP contribution in [0.3, 0.4) is 0 Å². The minimum atomic E-state index is -0.408. The molecule has 2 N–H and O–H groups in total. The Morgan fingerprint density at radius 2 is 2.75 bits per heavy atom. The van der Waals surface area contributed by atoms with Crippen molar-refractivity contribution in [2.75, 3.05) is 19.7 Å². The molecule has 5 heteroatoms. The van der Waals surface area contributed by atoms with Gasteiger partial charge in [0, 0.05) is 13.1 Å². The van der Waals surface area contributed by atoms with Gasteiger partial charge in [0.1, 0.15) is 5.84 Å². The van der Waals surface area contributed by atoms with Crippen LogP contribution in [0, 0.1) is 6.54 Å². The highest BCUT2D eigenvalue weighted by atomic mass is 16.5. The normalized spacial score (nSPS) is 14.9. The van der Waals surface area contributed by atoms with Crippen LogP contribution in [-0.4, -0.2) is 31.6 Å². The SMILES string of the molecule is CCNC(=O)OCC1=N[CH]CN1. The van der Waals surface area contributed by atoms with Gasteiger partial charge in [-0.3, -0.25) is 4.99 Å². The Labute approximate surface area is 71.2 Å². The van der Waals surface area contributed by atoms with Crippen molar-refractivity contribution in [1.29, 1.82) is 0 Å². The van der Waals surface area contributed by atoms with Crippen LogP contribution >= 0.6 is 0 Å². The lowest BCUT2D eigenvalue weighted by molar-refractivity contribution is 0.162. The second kappa shape index (κ2) is 4.58. The molecule has 0 spiro atoms. The smallest absolute Gasteiger partial charge is 0.407 e. The molecule has 0 saturated heterocycles. The standard InChI is InChI=1S/C7H12N3O2/c1-2-8-7(11)12-5-6-9-3-4-10-6/h3H,2,4-5H2,1H3,(H,8,11)(H,9,10). The van der Waals surface area contributed by atoms with Gasteiger partial charge in [-0.15, -0.1) is 0 Å². The van der Waals surface area contributed by atoms with E-state index in [4.69, 9.17) is 4.74 Å². The number of hydrogen-bond donors (Lipinski definition) is 2. The molecular weight excluding hydrogens is 158 g/mol. The maximum absolute atomic E-state index is 10.8. The van der Waals surface area contributed by atoms with Crippen LogP contribution in [0.25, 0.3) is 0 Å². The van der Waals surface area contributed by atoms with Gasteiger partial charge in [0.25, 0.3) is 0 Å². The van der Waals surface area contributed by atoms with E-state index in [1.165, 1.54) is 0 Å². The number of alkyl carbamates (subject to hydrolysis) is 1. The van der Waals surface area contributed by atoms with Crippen LogP contribution in [0.4, 0.5) is 4.79 Å². The average molecular weight is 170 g/mol. The molecule has 0 aromatic heterocycles. The summed E-state index contributed by atoms with van der Waals surface area (Å²) in [7, 11) is 0. The van der Waals surface area contributed by atoms with Crippen LogP contribution in [-0.2, 0) is 4.74 Å². The summed E-state index contributed by atoms with van der Waals surface area (Å²) < 4.78 is 4.80. The highest BCUT2D eigenvalue weighted by molar-refractivity contribution is 5.87. The molecule has 0 unspecified atom stereocenters. The van der Waals surface area contributed by atoms with Crippen LogP contribution in [0.2, 0.25) is 0 Å². The van der Waals surface area contributed by atoms with Gasteiger partial charge in [0.05, 0.1) is 6.54 Å². The lowest BCUT2D eigenvalue weighted by Gasteiger charge is -2.04. The summed E-state index contributed by atoms with van der Waals surface area (Å²) in [5, 5.41) is 5.46. The summed E-state index contributed by atoms with van der Waals surface area (Å²) in [5.41, 5.74) is 0. The third-order valence-electron chi connectivity index (χ3n) is 1.31. The van der Waals surface area contributed by atoms with Gasteiger partial charge in [0.15, 0.2) is 6.61 Å². The van der Waals surface area contributed by atoms with E-state index in [0.717, 1.165) is 0 Å². The molecule has 1 heterocycles. The predicted molar refractivity (Wildman–Crippen MR) is 44.8 cm³/mol. The first kappa shape index (κ1) is 8.83. The molecule has 5 nitrogen and oxygen atoms in total. The number of hydrogen-bond acceptors (Lipinski definition) is 4. The fraction of sp³-hybridized carbons (Fsp3) is 0.571. The van der Waals surface area contributed by atoms with Gasteiger partial charge in [-0.2, -0.15) is 0 Å². The van der Waals surface area contributed by atoms with E-state index < -0.39 is 6.09 Å². The molecule has 1 aliphatic rings. The lowest BCUT2D eigenvalue weighted by atomic mass is 10.6. The summed E-state index contributed by atoms with van der Waals surface area (Å²) in [6.07, 6.45) is -0.408. The maximum atomic E-state index is 10.8. The van der Waals surface area contributed by atoms with E-state index in [0.29, 0.717) is 18.9 Å². The van der Waals surface area contributed by atoms with Crippen LogP contribution in [0.5, 0.6) is 0 Å². The topological polar surface area (TPSA) is 62.7 Å². The number of carbonyl (C=O) groups excluding carboxylic acids is 1. The number of amidine groups is 1. The van der Waals surface area contributed by atoms with Crippen molar-refractivity contribution < 1.29 is 9.53 Å². The van der Waals surface area contributed by atoms with Crippen LogP contribution in [0.1, 0.15) is 6.92 Å². The predicted octanol–water partition coefficient (Wildman–Crippen LogP) is -0.104. The molecule has 67 valence electrons. The summed E-state index contributed by atoms with van der Waals surface area (Å²) >= 11 is 0. The first-order valence-corrected chi connectivity index (χ1v) is 3.85. The molecule has 0 fully saturated rings. The fourth-order valence-electron chi connectivity index (χ4n) is 0.783. The van der Waals surface area contributed by atoms with E-state index in [2.05, 4.69) is 15.6 Å². The highest BCUT2D eigenvalue weighted by Gasteiger charge is 2.07. The van der Waals surface area contributed by atoms with Gasteiger partial charge in [-0.05, 0) is 6.92 Å². The third kappa shape index (κ3) is 2.77. The Kier molecular flexibility index (Phi) is 3.37. The lowest BCUT2D eigenvalue weighted by Crippen LogP contribution is -2.29. The molecule has 12 heavy (non-hydrogen) atoms. The first-order valence-electron chi connectivity index (χ1n) is 3.85. The Morgan fingerprint density at radius 1 is 1.92 bits per heavy atom. The number of ether oxygens (including phenoxy) is 1. The number of rotatable bonds is 3. The summed E-state index contributed by atoms with van der Waals surface area (Å²) in [4.78, 5) is 14.7. The largest absolute Gasteiger partial charge is 0.441 e. The number of aliphatic imine (C=N–C) groups is 1. The zero-order chi connectivity index (χ0) is 8.81. The van der Waals surface area contributed by atoms with E-state index in [9.17, 15) is 4.79 Å². The second-order valence-electron chi connectivity index (χ2n) is 2.25. The Hall–Kier alpha value is -1.26. The quantitative estimate of drug-likeness (QED) is 0.621. The van der Waals surface area contributed by atoms with Crippen molar-refractivity contribution >= 4 is 11.9 Å². The molecule has 0 aliphatic carbocycles. The molecule has 1 rings (SSSR count). The van der Waals surface area contributed by atoms with Gasteiger partial charge in [-0.1, -0.05) is 0 Å². The van der Waals surface area contributed by atoms with Crippen molar-refractivity contribution in [3.05, 3.63) is 6.54 Å². The summed E-state index contributed by atoms with van der Waals surface area (Å²) in [6.45, 7) is 5.07. The van der Waals surface area contributed by atoms with Crippen molar-refractivity contribution in [1.82, 2.24) is 10.6 Å². The van der Waals surface area contributed by atoms with Gasteiger partial charge in [-0.25, -0.2) is 4.79 Å². The van der Waals surface area contributed by atoms with Gasteiger partial charge in [0.2, 0.25) is 0 Å². The molecule has 1 radical (unpaired) electrons.